The largest absolute Gasteiger partial charge is 0.481 e. The number of aromatic nitrogens is 1. The zero-order chi connectivity index (χ0) is 8.97. The molecule has 0 saturated carbocycles. The minimum Gasteiger partial charge on any atom is -0.481 e. The first-order valence-electron chi connectivity index (χ1n) is 3.14. The summed E-state index contributed by atoms with van der Waals surface area (Å²) in [7, 11) is 0. The van der Waals surface area contributed by atoms with E-state index in [9.17, 15) is 4.79 Å². The van der Waals surface area contributed by atoms with Gasteiger partial charge in [0.05, 0.1) is 4.47 Å². The molecule has 0 unspecified atom stereocenters. The molecule has 0 saturated heterocycles. The van der Waals surface area contributed by atoms with E-state index in [2.05, 4.69) is 20.9 Å². The Balaban J connectivity index is 2.63. The van der Waals surface area contributed by atoms with Gasteiger partial charge < -0.3 is 9.84 Å². The van der Waals surface area contributed by atoms with Crippen molar-refractivity contribution in [3.05, 3.63) is 22.9 Å². The lowest BCUT2D eigenvalue weighted by Crippen LogP contribution is -2.09. The quantitative estimate of drug-likeness (QED) is 0.853. The summed E-state index contributed by atoms with van der Waals surface area (Å²) in [5.74, 6) is -0.522. The van der Waals surface area contributed by atoms with Crippen molar-refractivity contribution in [2.24, 2.45) is 0 Å². The van der Waals surface area contributed by atoms with E-state index in [0.29, 0.717) is 10.2 Å². The van der Waals surface area contributed by atoms with E-state index in [1.54, 1.807) is 6.07 Å². The highest BCUT2D eigenvalue weighted by molar-refractivity contribution is 9.10. The molecule has 1 rings (SSSR count). The number of halogens is 1. The highest BCUT2D eigenvalue weighted by Crippen LogP contribution is 2.22. The minimum atomic E-state index is -1.00. The number of carboxylic acids is 1. The van der Waals surface area contributed by atoms with Gasteiger partial charge in [-0.2, -0.15) is 0 Å². The van der Waals surface area contributed by atoms with Gasteiger partial charge in [-0.25, -0.2) is 4.79 Å². The average molecular weight is 232 g/mol. The van der Waals surface area contributed by atoms with Crippen molar-refractivity contribution in [3.63, 3.8) is 0 Å². The molecule has 5 heteroatoms. The number of hydrogen-bond donors (Lipinski definition) is 1. The number of ether oxygens (including phenoxy) is 1. The normalized spacial score (nSPS) is 9.42. The van der Waals surface area contributed by atoms with Gasteiger partial charge in [0.1, 0.15) is 5.75 Å². The molecule has 1 heterocycles. The van der Waals surface area contributed by atoms with Gasteiger partial charge in [-0.3, -0.25) is 4.98 Å². The summed E-state index contributed by atoms with van der Waals surface area (Å²) in [5.41, 5.74) is 0. The van der Waals surface area contributed by atoms with Crippen molar-refractivity contribution in [2.45, 2.75) is 0 Å². The zero-order valence-electron chi connectivity index (χ0n) is 6.03. The van der Waals surface area contributed by atoms with Gasteiger partial charge >= 0.3 is 5.97 Å². The van der Waals surface area contributed by atoms with Crippen LogP contribution < -0.4 is 4.74 Å². The summed E-state index contributed by atoms with van der Waals surface area (Å²) in [6.45, 7) is -0.345. The highest BCUT2D eigenvalue weighted by Gasteiger charge is 2.02. The molecule has 0 fully saturated rings. The van der Waals surface area contributed by atoms with Gasteiger partial charge in [0.15, 0.2) is 6.61 Å². The van der Waals surface area contributed by atoms with Crippen molar-refractivity contribution in [2.75, 3.05) is 6.61 Å². The molecule has 0 amide bonds. The molecule has 0 aliphatic rings. The van der Waals surface area contributed by atoms with Gasteiger partial charge in [0.25, 0.3) is 0 Å². The van der Waals surface area contributed by atoms with E-state index >= 15 is 0 Å². The Morgan fingerprint density at radius 2 is 2.50 bits per heavy atom. The van der Waals surface area contributed by atoms with Crippen molar-refractivity contribution in [3.8, 4) is 5.75 Å². The molecule has 0 bridgehead atoms. The fraction of sp³-hybridized carbons (Fsp3) is 0.143. The third-order valence-corrected chi connectivity index (χ3v) is 1.68. The molecule has 0 aliphatic carbocycles. The maximum Gasteiger partial charge on any atom is 0.341 e. The van der Waals surface area contributed by atoms with E-state index < -0.39 is 5.97 Å². The Bertz CT molecular complexity index is 290. The molecule has 0 aliphatic heterocycles. The summed E-state index contributed by atoms with van der Waals surface area (Å²) in [4.78, 5) is 13.9. The molecule has 1 aromatic heterocycles. The second-order valence-corrected chi connectivity index (χ2v) is 2.84. The molecule has 4 nitrogen and oxygen atoms in total. The van der Waals surface area contributed by atoms with Crippen molar-refractivity contribution < 1.29 is 14.6 Å². The predicted molar refractivity (Wildman–Crippen MR) is 45.1 cm³/mol. The van der Waals surface area contributed by atoms with Crippen LogP contribution in [0.25, 0.3) is 0 Å². The Labute approximate surface area is 77.3 Å². The lowest BCUT2D eigenvalue weighted by atomic mass is 10.4. The third kappa shape index (κ3) is 2.50. The number of pyridine rings is 1. The standard InChI is InChI=1S/C7H6BrNO3/c8-5-3-9-2-1-6(5)12-4-7(10)11/h1-3H,4H2,(H,10,11). The van der Waals surface area contributed by atoms with Crippen LogP contribution in [0.1, 0.15) is 0 Å². The summed E-state index contributed by atoms with van der Waals surface area (Å²) in [5, 5.41) is 8.31. The lowest BCUT2D eigenvalue weighted by Gasteiger charge is -2.03. The summed E-state index contributed by atoms with van der Waals surface area (Å²) in [6, 6.07) is 1.59. The van der Waals surface area contributed by atoms with Crippen LogP contribution in [0.5, 0.6) is 5.75 Å². The Morgan fingerprint density at radius 3 is 3.08 bits per heavy atom. The Hall–Kier alpha value is -1.10. The second-order valence-electron chi connectivity index (χ2n) is 1.99. The maximum atomic E-state index is 10.1. The van der Waals surface area contributed by atoms with Crippen LogP contribution >= 0.6 is 15.9 Å². The SMILES string of the molecule is O=C(O)COc1ccncc1Br. The maximum absolute atomic E-state index is 10.1. The Morgan fingerprint density at radius 1 is 1.75 bits per heavy atom. The fourth-order valence-electron chi connectivity index (χ4n) is 0.619. The van der Waals surface area contributed by atoms with Crippen molar-refractivity contribution in [1.82, 2.24) is 4.98 Å². The summed E-state index contributed by atoms with van der Waals surface area (Å²) >= 11 is 3.17. The number of carboxylic acid groups (broad SMARTS) is 1. The van der Waals surface area contributed by atoms with Gasteiger partial charge in [-0.1, -0.05) is 0 Å². The van der Waals surface area contributed by atoms with E-state index in [-0.39, 0.29) is 6.61 Å². The van der Waals surface area contributed by atoms with Gasteiger partial charge in [-0.15, -0.1) is 0 Å². The van der Waals surface area contributed by atoms with E-state index in [0.717, 1.165) is 0 Å². The third-order valence-electron chi connectivity index (χ3n) is 1.09. The molecule has 0 spiro atoms. The summed E-state index contributed by atoms with van der Waals surface area (Å²) < 4.78 is 5.56. The molecule has 0 aromatic carbocycles. The van der Waals surface area contributed by atoms with Crippen LogP contribution in [0.3, 0.4) is 0 Å². The van der Waals surface area contributed by atoms with Gasteiger partial charge in [-0.05, 0) is 22.0 Å². The van der Waals surface area contributed by atoms with Crippen LogP contribution in [-0.4, -0.2) is 22.7 Å². The van der Waals surface area contributed by atoms with Crippen LogP contribution in [0.15, 0.2) is 22.9 Å². The number of aliphatic carboxylic acids is 1. The Kier molecular flexibility index (Phi) is 3.04. The molecule has 12 heavy (non-hydrogen) atoms. The van der Waals surface area contributed by atoms with Crippen LogP contribution in [0, 0.1) is 0 Å². The average Bonchev–Trinajstić information content (AvgIpc) is 2.03. The fourth-order valence-corrected chi connectivity index (χ4v) is 0.984. The molecule has 64 valence electrons. The van der Waals surface area contributed by atoms with Crippen LogP contribution in [0.4, 0.5) is 0 Å². The van der Waals surface area contributed by atoms with E-state index in [4.69, 9.17) is 9.84 Å². The molecule has 1 aromatic rings. The number of rotatable bonds is 3. The number of carbonyl (C=O) groups is 1. The molecular formula is C7H6BrNO3. The lowest BCUT2D eigenvalue weighted by molar-refractivity contribution is -0.139. The van der Waals surface area contributed by atoms with Crippen LogP contribution in [-0.2, 0) is 4.79 Å². The smallest absolute Gasteiger partial charge is 0.341 e. The van der Waals surface area contributed by atoms with E-state index in [1.807, 2.05) is 0 Å². The first-order valence-corrected chi connectivity index (χ1v) is 3.93. The monoisotopic (exact) mass is 231 g/mol. The molecule has 0 radical (unpaired) electrons. The number of hydrogen-bond acceptors (Lipinski definition) is 3. The molecule has 0 atom stereocenters. The highest BCUT2D eigenvalue weighted by atomic mass is 79.9. The second kappa shape index (κ2) is 4.06. The topological polar surface area (TPSA) is 59.4 Å². The van der Waals surface area contributed by atoms with Crippen LogP contribution in [0.2, 0.25) is 0 Å². The predicted octanol–water partition coefficient (Wildman–Crippen LogP) is 1.31. The number of nitrogens with zero attached hydrogens (tertiary/aromatic N) is 1. The van der Waals surface area contributed by atoms with E-state index in [1.165, 1.54) is 12.4 Å². The minimum absolute atomic E-state index is 0.345. The van der Waals surface area contributed by atoms with Crippen molar-refractivity contribution >= 4 is 21.9 Å². The summed E-state index contributed by atoms with van der Waals surface area (Å²) in [6.07, 6.45) is 3.07. The molecular weight excluding hydrogens is 226 g/mol. The first-order chi connectivity index (χ1) is 5.70. The first kappa shape index (κ1) is 8.99. The van der Waals surface area contributed by atoms with Gasteiger partial charge in [0.2, 0.25) is 0 Å². The van der Waals surface area contributed by atoms with Gasteiger partial charge in [0, 0.05) is 12.4 Å². The van der Waals surface area contributed by atoms with Crippen molar-refractivity contribution in [1.29, 1.82) is 0 Å². The zero-order valence-corrected chi connectivity index (χ0v) is 7.61. The molecule has 1 N–H and O–H groups in total.